The van der Waals surface area contributed by atoms with Crippen molar-refractivity contribution < 1.29 is 26.5 Å². The minimum atomic E-state index is -4.41. The van der Waals surface area contributed by atoms with E-state index in [1.807, 2.05) is 59.9 Å². The smallest absolute Gasteiger partial charge is 0.421 e. The fraction of sp³-hybridized carbons (Fsp3) is 0.308. The molecule has 0 N–H and O–H groups in total. The lowest BCUT2D eigenvalue weighted by atomic mass is 10.3. The maximum Gasteiger partial charge on any atom is 0.421 e. The van der Waals surface area contributed by atoms with E-state index in [0.717, 1.165) is 24.5 Å². The third-order valence-corrected chi connectivity index (χ3v) is 3.08. The second-order valence-electron chi connectivity index (χ2n) is 4.29. The summed E-state index contributed by atoms with van der Waals surface area (Å²) in [5.41, 5.74) is 0.798. The number of nitrogens with zero attached hydrogens (tertiary/aromatic N) is 4. The van der Waals surface area contributed by atoms with E-state index in [9.17, 15) is 13.0 Å². The number of aromatic nitrogens is 2. The fourth-order valence-electron chi connectivity index (χ4n) is 1.47. The van der Waals surface area contributed by atoms with Crippen LogP contribution >= 0.6 is 0 Å². The number of hydrogen-bond acceptors (Lipinski definition) is 7. The van der Waals surface area contributed by atoms with Crippen LogP contribution in [-0.2, 0) is 28.7 Å². The van der Waals surface area contributed by atoms with Crippen molar-refractivity contribution >= 4 is 22.0 Å². The van der Waals surface area contributed by atoms with Crippen molar-refractivity contribution in [1.82, 2.24) is 4.57 Å². The van der Waals surface area contributed by atoms with E-state index in [1.54, 1.807) is 7.11 Å². The first-order chi connectivity index (χ1) is 10.8. The summed E-state index contributed by atoms with van der Waals surface area (Å²) in [4.78, 5) is 0. The van der Waals surface area contributed by atoms with Crippen molar-refractivity contribution in [3.05, 3.63) is 36.7 Å². The van der Waals surface area contributed by atoms with Crippen molar-refractivity contribution in [3.63, 3.8) is 0 Å². The van der Waals surface area contributed by atoms with E-state index in [0.29, 0.717) is 0 Å². The molecule has 2 aromatic rings. The maximum atomic E-state index is 9.22. The number of benzene rings is 1. The van der Waals surface area contributed by atoms with Gasteiger partial charge in [-0.25, -0.2) is 17.6 Å². The second-order valence-corrected chi connectivity index (χ2v) is 5.44. The number of ether oxygens (including phenoxy) is 1. The Morgan fingerprint density at radius 2 is 1.74 bits per heavy atom. The molecule has 0 spiro atoms. The number of rotatable bonds is 4. The van der Waals surface area contributed by atoms with E-state index in [2.05, 4.69) is 14.4 Å². The van der Waals surface area contributed by atoms with Crippen LogP contribution in [0.2, 0.25) is 0 Å². The lowest BCUT2D eigenvalue weighted by Crippen LogP contribution is -2.25. The average molecular weight is 342 g/mol. The molecule has 2 rings (SSSR count). The van der Waals surface area contributed by atoms with Crippen molar-refractivity contribution in [2.45, 2.75) is 0 Å². The Kier molecular flexibility index (Phi) is 6.82. The first-order valence-electron chi connectivity index (χ1n) is 6.35. The third kappa shape index (κ3) is 6.55. The van der Waals surface area contributed by atoms with Crippen molar-refractivity contribution in [3.8, 4) is 5.75 Å². The highest BCUT2D eigenvalue weighted by Crippen LogP contribution is 2.19. The first kappa shape index (κ1) is 18.7. The topological polar surface area (TPSA) is 109 Å². The average Bonchev–Trinajstić information content (AvgIpc) is 2.84. The molecule has 0 aliphatic heterocycles. The summed E-state index contributed by atoms with van der Waals surface area (Å²) < 4.78 is 39.9. The van der Waals surface area contributed by atoms with Gasteiger partial charge < -0.3 is 9.29 Å². The van der Waals surface area contributed by atoms with Gasteiger partial charge in [0.1, 0.15) is 11.4 Å². The molecule has 126 valence electrons. The van der Waals surface area contributed by atoms with Crippen LogP contribution in [0.25, 0.3) is 0 Å². The molecule has 0 saturated carbocycles. The Labute approximate surface area is 134 Å². The lowest BCUT2D eigenvalue weighted by Gasteiger charge is -1.98. The zero-order valence-corrected chi connectivity index (χ0v) is 14.0. The second kappa shape index (κ2) is 8.36. The van der Waals surface area contributed by atoms with Crippen LogP contribution in [0.1, 0.15) is 0 Å². The van der Waals surface area contributed by atoms with Crippen molar-refractivity contribution in [1.29, 1.82) is 0 Å². The fourth-order valence-corrected chi connectivity index (χ4v) is 1.47. The van der Waals surface area contributed by atoms with Gasteiger partial charge in [-0.2, -0.15) is 0 Å². The normalized spacial score (nSPS) is 11.2. The zero-order chi connectivity index (χ0) is 17.5. The molecule has 0 amide bonds. The Hall–Kier alpha value is -2.30. The molecule has 0 atom stereocenters. The summed E-state index contributed by atoms with van der Waals surface area (Å²) in [5.74, 6) is 1.61. The summed E-state index contributed by atoms with van der Waals surface area (Å²) in [6, 6.07) is 7.45. The summed E-state index contributed by atoms with van der Waals surface area (Å²) in [7, 11) is 1.90. The summed E-state index contributed by atoms with van der Waals surface area (Å²) in [5, 5.41) is 8.37. The quantitative estimate of drug-likeness (QED) is 0.361. The molecule has 0 unspecified atom stereocenters. The first-order valence-corrected chi connectivity index (χ1v) is 7.68. The lowest BCUT2D eigenvalue weighted by molar-refractivity contribution is -0.657. The van der Waals surface area contributed by atoms with E-state index in [1.165, 1.54) is 0 Å². The predicted octanol–water partition coefficient (Wildman–Crippen LogP) is 1.37. The molecule has 9 nitrogen and oxygen atoms in total. The van der Waals surface area contributed by atoms with Gasteiger partial charge in [-0.1, -0.05) is 5.11 Å². The Bertz CT molecular complexity index is 734. The minimum absolute atomic E-state index is 0.792. The molecule has 0 aliphatic rings. The van der Waals surface area contributed by atoms with E-state index in [-0.39, 0.29) is 0 Å². The highest BCUT2D eigenvalue weighted by molar-refractivity contribution is 7.80. The standard InChI is InChI=1S/C12H15N4O.CH4O4S/c1-15-8-9-16(2)12(15)14-13-10-4-6-11(17-3)7-5-10;1-5-6(2,3)4/h4-9H,1-3H3;1H3,(H,2,3,4)/q+1;/p-1. The molecule has 0 fully saturated rings. The van der Waals surface area contributed by atoms with E-state index >= 15 is 0 Å². The number of hydrogen-bond donors (Lipinski definition) is 0. The van der Waals surface area contributed by atoms with Crippen molar-refractivity contribution in [2.24, 2.45) is 24.3 Å². The Balaban J connectivity index is 0.000000379. The number of imidazole rings is 1. The number of aryl methyl sites for hydroxylation is 2. The molecule has 10 heteroatoms. The maximum absolute atomic E-state index is 9.22. The molecule has 0 radical (unpaired) electrons. The van der Waals surface area contributed by atoms with Crippen LogP contribution in [0.15, 0.2) is 46.9 Å². The largest absolute Gasteiger partial charge is 0.726 e. The molecular weight excluding hydrogens is 324 g/mol. The summed E-state index contributed by atoms with van der Waals surface area (Å²) in [6.45, 7) is 0. The van der Waals surface area contributed by atoms with Gasteiger partial charge in [0.2, 0.25) is 10.4 Å². The molecule has 1 aromatic heterocycles. The van der Waals surface area contributed by atoms with Crippen LogP contribution < -0.4 is 9.30 Å². The molecular formula is C13H18N4O5S. The van der Waals surface area contributed by atoms with Gasteiger partial charge in [0.05, 0.1) is 40.7 Å². The Morgan fingerprint density at radius 3 is 2.13 bits per heavy atom. The van der Waals surface area contributed by atoms with Gasteiger partial charge in [-0.15, -0.1) is 0 Å². The van der Waals surface area contributed by atoms with E-state index in [4.69, 9.17) is 4.74 Å². The summed E-state index contributed by atoms with van der Waals surface area (Å²) >= 11 is 0. The number of methoxy groups -OCH3 is 1. The number of azo groups is 1. The zero-order valence-electron chi connectivity index (χ0n) is 13.2. The van der Waals surface area contributed by atoms with Crippen LogP contribution in [0, 0.1) is 0 Å². The van der Waals surface area contributed by atoms with Crippen LogP contribution in [-0.4, -0.2) is 31.8 Å². The van der Waals surface area contributed by atoms with Gasteiger partial charge in [-0.3, -0.25) is 4.18 Å². The van der Waals surface area contributed by atoms with Gasteiger partial charge >= 0.3 is 5.95 Å². The third-order valence-electron chi connectivity index (χ3n) is 2.68. The van der Waals surface area contributed by atoms with Crippen molar-refractivity contribution in [2.75, 3.05) is 14.2 Å². The van der Waals surface area contributed by atoms with E-state index < -0.39 is 10.4 Å². The molecule has 0 saturated heterocycles. The minimum Gasteiger partial charge on any atom is -0.726 e. The summed E-state index contributed by atoms with van der Waals surface area (Å²) in [6.07, 6.45) is 3.87. The Morgan fingerprint density at radius 1 is 1.17 bits per heavy atom. The molecule has 23 heavy (non-hydrogen) atoms. The monoisotopic (exact) mass is 342 g/mol. The predicted molar refractivity (Wildman–Crippen MR) is 80.5 cm³/mol. The highest BCUT2D eigenvalue weighted by atomic mass is 32.3. The highest BCUT2D eigenvalue weighted by Gasteiger charge is 2.09. The molecule has 0 aliphatic carbocycles. The van der Waals surface area contributed by atoms with Crippen LogP contribution in [0.3, 0.4) is 0 Å². The van der Waals surface area contributed by atoms with Gasteiger partial charge in [0, 0.05) is 5.11 Å². The van der Waals surface area contributed by atoms with Gasteiger partial charge in [0.25, 0.3) is 0 Å². The molecule has 1 aromatic carbocycles. The van der Waals surface area contributed by atoms with Crippen LogP contribution in [0.5, 0.6) is 5.75 Å². The van der Waals surface area contributed by atoms with Gasteiger partial charge in [-0.05, 0) is 24.3 Å². The molecule has 0 bridgehead atoms. The molecule has 1 heterocycles. The SMILES string of the molecule is COS(=O)(=O)[O-].COc1ccc(N=Nc2n(C)cc[n+]2C)cc1. The van der Waals surface area contributed by atoms with Gasteiger partial charge in [0.15, 0.2) is 0 Å². The van der Waals surface area contributed by atoms with Crippen LogP contribution in [0.4, 0.5) is 11.6 Å².